The van der Waals surface area contributed by atoms with Gasteiger partial charge in [0.2, 0.25) is 17.7 Å². The number of hydrogen-bond acceptors (Lipinski definition) is 3. The zero-order valence-electron chi connectivity index (χ0n) is 17.3. The van der Waals surface area contributed by atoms with Gasteiger partial charge < -0.3 is 5.32 Å². The molecule has 1 aliphatic carbocycles. The van der Waals surface area contributed by atoms with Gasteiger partial charge in [0, 0.05) is 13.0 Å². The van der Waals surface area contributed by atoms with Crippen molar-refractivity contribution in [1.82, 2.24) is 10.2 Å². The van der Waals surface area contributed by atoms with E-state index in [1.807, 2.05) is 37.3 Å². The molecule has 0 spiro atoms. The summed E-state index contributed by atoms with van der Waals surface area (Å²) in [4.78, 5) is 38.8. The molecule has 0 unspecified atom stereocenters. The molecular weight excluding hydrogens is 376 g/mol. The molecule has 1 saturated heterocycles. The molecule has 3 amide bonds. The molecule has 1 saturated carbocycles. The molecule has 0 aromatic heterocycles. The minimum atomic E-state index is -0.156. The van der Waals surface area contributed by atoms with Crippen LogP contribution in [-0.4, -0.2) is 29.2 Å². The zero-order chi connectivity index (χ0) is 21.1. The van der Waals surface area contributed by atoms with Crippen LogP contribution in [0.1, 0.15) is 50.6 Å². The highest BCUT2D eigenvalue weighted by Gasteiger charge is 2.47. The largest absolute Gasteiger partial charge is 0.350 e. The van der Waals surface area contributed by atoms with E-state index in [1.165, 1.54) is 4.90 Å². The van der Waals surface area contributed by atoms with Crippen LogP contribution in [0.5, 0.6) is 0 Å². The van der Waals surface area contributed by atoms with Crippen molar-refractivity contribution in [2.24, 2.45) is 11.8 Å². The van der Waals surface area contributed by atoms with Crippen molar-refractivity contribution in [1.29, 1.82) is 0 Å². The fourth-order valence-electron chi connectivity index (χ4n) is 4.66. The van der Waals surface area contributed by atoms with Crippen molar-refractivity contribution in [3.63, 3.8) is 0 Å². The quantitative estimate of drug-likeness (QED) is 0.737. The number of nitrogens with one attached hydrogen (secondary N) is 1. The molecule has 1 aliphatic heterocycles. The average Bonchev–Trinajstić information content (AvgIpc) is 3.03. The van der Waals surface area contributed by atoms with Crippen LogP contribution in [0, 0.1) is 11.8 Å². The second-order valence-electron chi connectivity index (χ2n) is 8.35. The molecule has 1 heterocycles. The van der Waals surface area contributed by atoms with Gasteiger partial charge in [-0.05, 0) is 36.5 Å². The van der Waals surface area contributed by atoms with Crippen molar-refractivity contribution in [3.05, 3.63) is 60.2 Å². The van der Waals surface area contributed by atoms with E-state index < -0.39 is 0 Å². The zero-order valence-corrected chi connectivity index (χ0v) is 17.3. The lowest BCUT2D eigenvalue weighted by atomic mass is 9.81. The lowest BCUT2D eigenvalue weighted by Gasteiger charge is -2.19. The lowest BCUT2D eigenvalue weighted by Crippen LogP contribution is -2.36. The summed E-state index contributed by atoms with van der Waals surface area (Å²) in [6.45, 7) is 2.12. The predicted octanol–water partition coefficient (Wildman–Crippen LogP) is 4.10. The molecule has 0 radical (unpaired) electrons. The van der Waals surface area contributed by atoms with Gasteiger partial charge in [-0.25, -0.2) is 0 Å². The van der Waals surface area contributed by atoms with Gasteiger partial charge in [-0.15, -0.1) is 0 Å². The molecule has 5 heteroatoms. The first-order chi connectivity index (χ1) is 14.5. The van der Waals surface area contributed by atoms with Gasteiger partial charge in [0.15, 0.2) is 0 Å². The Balaban J connectivity index is 1.31. The Hall–Kier alpha value is -2.95. The molecular formula is C25H28N2O3. The average molecular weight is 405 g/mol. The van der Waals surface area contributed by atoms with Crippen LogP contribution in [0.2, 0.25) is 0 Å². The molecule has 3 atom stereocenters. The van der Waals surface area contributed by atoms with Crippen LogP contribution in [-0.2, 0) is 14.4 Å². The van der Waals surface area contributed by atoms with Gasteiger partial charge in [0.1, 0.15) is 0 Å². The number of likely N-dealkylation sites (tertiary alicyclic amines) is 1. The monoisotopic (exact) mass is 404 g/mol. The van der Waals surface area contributed by atoms with Gasteiger partial charge in [0.05, 0.1) is 17.9 Å². The molecule has 2 aromatic rings. The number of hydrogen-bond donors (Lipinski definition) is 1. The van der Waals surface area contributed by atoms with Crippen LogP contribution in [0.15, 0.2) is 54.6 Å². The summed E-state index contributed by atoms with van der Waals surface area (Å²) in [7, 11) is 0. The Bertz CT molecular complexity index is 899. The van der Waals surface area contributed by atoms with Gasteiger partial charge >= 0.3 is 0 Å². The van der Waals surface area contributed by atoms with Crippen LogP contribution >= 0.6 is 0 Å². The first-order valence-electron chi connectivity index (χ1n) is 10.8. The lowest BCUT2D eigenvalue weighted by molar-refractivity contribution is -0.140. The number of rotatable bonds is 6. The van der Waals surface area contributed by atoms with Crippen molar-refractivity contribution >= 4 is 17.7 Å². The van der Waals surface area contributed by atoms with E-state index in [0.717, 1.165) is 42.4 Å². The fraction of sp³-hybridized carbons (Fsp3) is 0.400. The third-order valence-corrected chi connectivity index (χ3v) is 6.39. The summed E-state index contributed by atoms with van der Waals surface area (Å²) in [5.41, 5.74) is 3.30. The van der Waals surface area contributed by atoms with Crippen LogP contribution in [0.3, 0.4) is 0 Å². The Kier molecular flexibility index (Phi) is 5.98. The third-order valence-electron chi connectivity index (χ3n) is 6.39. The maximum absolute atomic E-state index is 12.5. The van der Waals surface area contributed by atoms with E-state index in [1.54, 1.807) is 0 Å². The van der Waals surface area contributed by atoms with Crippen molar-refractivity contribution < 1.29 is 14.4 Å². The van der Waals surface area contributed by atoms with Crippen molar-refractivity contribution in [2.45, 2.75) is 45.1 Å². The smallest absolute Gasteiger partial charge is 0.233 e. The number of benzene rings is 2. The highest BCUT2D eigenvalue weighted by Crippen LogP contribution is 2.38. The maximum atomic E-state index is 12.5. The maximum Gasteiger partial charge on any atom is 0.233 e. The summed E-state index contributed by atoms with van der Waals surface area (Å²) < 4.78 is 0. The van der Waals surface area contributed by atoms with Crippen LogP contribution < -0.4 is 5.32 Å². The molecule has 2 aliphatic rings. The second kappa shape index (κ2) is 8.82. The summed E-state index contributed by atoms with van der Waals surface area (Å²) in [5.74, 6) is -0.623. The molecule has 1 N–H and O–H groups in total. The summed E-state index contributed by atoms with van der Waals surface area (Å²) in [6, 6.07) is 18.1. The summed E-state index contributed by atoms with van der Waals surface area (Å²) >= 11 is 0. The van der Waals surface area contributed by atoms with E-state index in [0.29, 0.717) is 0 Å². The van der Waals surface area contributed by atoms with E-state index in [9.17, 15) is 14.4 Å². The van der Waals surface area contributed by atoms with Crippen molar-refractivity contribution in [2.75, 3.05) is 6.54 Å². The van der Waals surface area contributed by atoms with Crippen LogP contribution in [0.25, 0.3) is 11.1 Å². The highest BCUT2D eigenvalue weighted by molar-refractivity contribution is 6.05. The summed E-state index contributed by atoms with van der Waals surface area (Å²) in [5, 5.41) is 2.98. The molecule has 0 bridgehead atoms. The molecule has 156 valence electrons. The van der Waals surface area contributed by atoms with E-state index >= 15 is 0 Å². The number of imide groups is 1. The normalized spacial score (nSPS) is 22.0. The Labute approximate surface area is 177 Å². The molecule has 2 aromatic carbocycles. The fourth-order valence-corrected chi connectivity index (χ4v) is 4.66. The second-order valence-corrected chi connectivity index (χ2v) is 8.35. The van der Waals surface area contributed by atoms with Gasteiger partial charge in [0.25, 0.3) is 0 Å². The van der Waals surface area contributed by atoms with Crippen molar-refractivity contribution in [3.8, 4) is 11.1 Å². The Morgan fingerprint density at radius 2 is 1.50 bits per heavy atom. The summed E-state index contributed by atoms with van der Waals surface area (Å²) in [6.07, 6.45) is 3.76. The Morgan fingerprint density at radius 3 is 2.10 bits per heavy atom. The van der Waals surface area contributed by atoms with E-state index in [4.69, 9.17) is 0 Å². The van der Waals surface area contributed by atoms with Gasteiger partial charge in [-0.1, -0.05) is 67.4 Å². The van der Waals surface area contributed by atoms with Gasteiger partial charge in [-0.3, -0.25) is 19.3 Å². The number of amides is 3. The standard InChI is InChI=1S/C25H28N2O3/c1-17(18-11-13-20(14-12-18)19-7-3-2-4-8-19)26-23(28)15-16-27-24(29)21-9-5-6-10-22(21)25(27)30/h2-4,7-8,11-14,17,21-22H,5-6,9-10,15-16H2,1H3,(H,26,28)/t17-,21-,22+/m1/s1. The third kappa shape index (κ3) is 4.16. The van der Waals surface area contributed by atoms with E-state index in [-0.39, 0.29) is 48.6 Å². The van der Waals surface area contributed by atoms with E-state index in [2.05, 4.69) is 29.6 Å². The Morgan fingerprint density at radius 1 is 0.933 bits per heavy atom. The number of nitrogens with zero attached hydrogens (tertiary/aromatic N) is 1. The predicted molar refractivity (Wildman–Crippen MR) is 115 cm³/mol. The first kappa shape index (κ1) is 20.3. The molecule has 30 heavy (non-hydrogen) atoms. The molecule has 4 rings (SSSR count). The molecule has 2 fully saturated rings. The highest BCUT2D eigenvalue weighted by atomic mass is 16.2. The minimum Gasteiger partial charge on any atom is -0.350 e. The SMILES string of the molecule is C[C@@H](NC(=O)CCN1C(=O)[C@H]2CCCC[C@H]2C1=O)c1ccc(-c2ccccc2)cc1. The first-order valence-corrected chi connectivity index (χ1v) is 10.8. The topological polar surface area (TPSA) is 66.5 Å². The van der Waals surface area contributed by atoms with Gasteiger partial charge in [-0.2, -0.15) is 0 Å². The van der Waals surface area contributed by atoms with Crippen LogP contribution in [0.4, 0.5) is 0 Å². The number of fused-ring (bicyclic) bond motifs is 1. The number of carbonyl (C=O) groups excluding carboxylic acids is 3. The number of carbonyl (C=O) groups is 3. The molecule has 5 nitrogen and oxygen atoms in total. The minimum absolute atomic E-state index is 0.0814.